The lowest BCUT2D eigenvalue weighted by atomic mass is 10.1. The minimum atomic E-state index is -0.733. The van der Waals surface area contributed by atoms with Crippen LogP contribution in [-0.2, 0) is 22.5 Å². The van der Waals surface area contributed by atoms with Gasteiger partial charge < -0.3 is 34.9 Å². The summed E-state index contributed by atoms with van der Waals surface area (Å²) in [5, 5.41) is 8.16. The maximum absolute atomic E-state index is 13.9. The summed E-state index contributed by atoms with van der Waals surface area (Å²) in [7, 11) is 3.74. The molecule has 10 rings (SSSR count). The molecule has 0 saturated carbocycles. The summed E-state index contributed by atoms with van der Waals surface area (Å²) >= 11 is 0. The van der Waals surface area contributed by atoms with Crippen LogP contribution in [-0.4, -0.2) is 67.4 Å². The Morgan fingerprint density at radius 3 is 2.58 bits per heavy atom. The number of benzene rings is 3. The number of carbonyl (C=O) groups excluding carboxylic acids is 1. The molecule has 0 spiro atoms. The van der Waals surface area contributed by atoms with E-state index in [9.17, 15) is 4.79 Å². The molecular weight excluding hydrogens is 747 g/mol. The van der Waals surface area contributed by atoms with Crippen LogP contribution < -0.4 is 20.5 Å². The molecule has 2 aliphatic heterocycles. The molecule has 3 N–H and O–H groups in total. The standard InChI is InChI=1S/C45H41N9O5/c1-52-24-31(25-52)53-19-17-38(51-53)37-14-15-39-43(48-37)54(42(49-39)34-4-3-18-47-41(34)46)30-9-12-33-28(22-30)7-13-36(33)50-44(55)29-8-16-40(35(23-29)45-57-20-21-58-45)59-26-27-5-10-32(56-2)11-6-27/h3-6,8-12,14-23,31,36,45H,7,13,24-26H2,1-2H3,(H2,46,47)(H,50,55)/t36-/m0/s1. The number of ether oxygens (including phenoxy) is 4. The van der Waals surface area contributed by atoms with Crippen molar-refractivity contribution in [3.8, 4) is 40.0 Å². The second-order valence-electron chi connectivity index (χ2n) is 15.0. The molecule has 59 heavy (non-hydrogen) atoms. The van der Waals surface area contributed by atoms with Crippen molar-refractivity contribution in [3.05, 3.63) is 144 Å². The van der Waals surface area contributed by atoms with E-state index in [1.165, 1.54) is 12.5 Å². The number of anilines is 1. The number of amides is 1. The highest BCUT2D eigenvalue weighted by molar-refractivity contribution is 5.95. The Bertz CT molecular complexity index is 2730. The number of nitrogens with two attached hydrogens (primary N) is 1. The van der Waals surface area contributed by atoms with E-state index in [2.05, 4.69) is 34.4 Å². The van der Waals surface area contributed by atoms with Gasteiger partial charge >= 0.3 is 0 Å². The number of imidazole rings is 1. The Morgan fingerprint density at radius 2 is 1.78 bits per heavy atom. The first kappa shape index (κ1) is 36.2. The average molecular weight is 788 g/mol. The minimum Gasteiger partial charge on any atom is -0.497 e. The third-order valence-electron chi connectivity index (χ3n) is 11.2. The number of likely N-dealkylation sites (N-methyl/N-ethyl adjacent to an activating group) is 1. The SMILES string of the molecule is COc1ccc(COc2ccc(C(=O)N[C@H]3CCc4cc(-n5c(-c6cccnc6N)nc6ccc(-c7ccn(C8CN(C)C8)n7)nc65)ccc43)cc2C2OC=CO2)cc1. The Kier molecular flexibility index (Phi) is 9.17. The smallest absolute Gasteiger partial charge is 0.269 e. The number of methoxy groups -OCH3 is 1. The topological polar surface area (TPSA) is 157 Å². The molecule has 1 saturated heterocycles. The second-order valence-corrected chi connectivity index (χ2v) is 15.0. The Morgan fingerprint density at radius 1 is 0.932 bits per heavy atom. The Hall–Kier alpha value is -7.19. The van der Waals surface area contributed by atoms with Gasteiger partial charge in [-0.15, -0.1) is 0 Å². The lowest BCUT2D eigenvalue weighted by molar-refractivity contribution is -0.0266. The first-order chi connectivity index (χ1) is 28.9. The predicted molar refractivity (Wildman–Crippen MR) is 221 cm³/mol. The second kappa shape index (κ2) is 15.0. The fourth-order valence-electron chi connectivity index (χ4n) is 8.05. The minimum absolute atomic E-state index is 0.190. The van der Waals surface area contributed by atoms with Crippen molar-refractivity contribution in [2.75, 3.05) is 33.0 Å². The van der Waals surface area contributed by atoms with E-state index in [1.807, 2.05) is 76.1 Å². The molecule has 3 aliphatic rings. The van der Waals surface area contributed by atoms with Crippen LogP contribution >= 0.6 is 0 Å². The fraction of sp³-hybridized carbons (Fsp3) is 0.222. The van der Waals surface area contributed by atoms with Crippen LogP contribution in [0, 0.1) is 0 Å². The van der Waals surface area contributed by atoms with Gasteiger partial charge in [0, 0.05) is 36.7 Å². The highest BCUT2D eigenvalue weighted by Crippen LogP contribution is 2.38. The Balaban J connectivity index is 0.928. The number of hydrogen-bond acceptors (Lipinski definition) is 11. The predicted octanol–water partition coefficient (Wildman–Crippen LogP) is 6.94. The Labute approximate surface area is 339 Å². The molecule has 14 heteroatoms. The number of carbonyl (C=O) groups is 1. The normalized spacial score (nSPS) is 16.4. The van der Waals surface area contributed by atoms with Crippen molar-refractivity contribution in [3.63, 3.8) is 0 Å². The van der Waals surface area contributed by atoms with Gasteiger partial charge in [-0.05, 0) is 109 Å². The average Bonchev–Trinajstić information content (AvgIpc) is 4.09. The maximum Gasteiger partial charge on any atom is 0.269 e. The largest absolute Gasteiger partial charge is 0.497 e. The van der Waals surface area contributed by atoms with Gasteiger partial charge in [0.2, 0.25) is 0 Å². The summed E-state index contributed by atoms with van der Waals surface area (Å²) in [6.45, 7) is 2.26. The molecule has 1 aliphatic carbocycles. The van der Waals surface area contributed by atoms with Crippen LogP contribution in [0.15, 0.2) is 116 Å². The van der Waals surface area contributed by atoms with Crippen molar-refractivity contribution in [1.29, 1.82) is 0 Å². The molecular formula is C45H41N9O5. The van der Waals surface area contributed by atoms with Crippen molar-refractivity contribution < 1.29 is 23.7 Å². The summed E-state index contributed by atoms with van der Waals surface area (Å²) in [6.07, 6.45) is 7.44. The molecule has 1 amide bonds. The van der Waals surface area contributed by atoms with Crippen LogP contribution in [0.4, 0.5) is 5.82 Å². The van der Waals surface area contributed by atoms with E-state index < -0.39 is 6.29 Å². The zero-order chi connectivity index (χ0) is 40.0. The van der Waals surface area contributed by atoms with E-state index in [0.717, 1.165) is 71.0 Å². The number of fused-ring (bicyclic) bond motifs is 2. The molecule has 3 aromatic carbocycles. The summed E-state index contributed by atoms with van der Waals surface area (Å²) in [6, 6.07) is 29.1. The van der Waals surface area contributed by atoms with Crippen LogP contribution in [0.1, 0.15) is 57.4 Å². The summed E-state index contributed by atoms with van der Waals surface area (Å²) in [5.74, 6) is 2.13. The highest BCUT2D eigenvalue weighted by atomic mass is 16.7. The van der Waals surface area contributed by atoms with E-state index >= 15 is 0 Å². The van der Waals surface area contributed by atoms with Crippen LogP contribution in [0.25, 0.3) is 39.6 Å². The third-order valence-corrected chi connectivity index (χ3v) is 11.2. The van der Waals surface area contributed by atoms with Gasteiger partial charge in [0.1, 0.15) is 47.7 Å². The molecule has 14 nitrogen and oxygen atoms in total. The number of aryl methyl sites for hydroxylation is 1. The first-order valence-corrected chi connectivity index (χ1v) is 19.5. The third kappa shape index (κ3) is 6.86. The lowest BCUT2D eigenvalue weighted by Gasteiger charge is -2.36. The fourth-order valence-corrected chi connectivity index (χ4v) is 8.05. The van der Waals surface area contributed by atoms with E-state index in [4.69, 9.17) is 39.7 Å². The zero-order valence-corrected chi connectivity index (χ0v) is 32.5. The lowest BCUT2D eigenvalue weighted by Crippen LogP contribution is -2.45. The number of nitrogen functional groups attached to an aromatic ring is 1. The number of likely N-dealkylation sites (tertiary alicyclic amines) is 1. The van der Waals surface area contributed by atoms with Gasteiger partial charge in [0.05, 0.1) is 36.0 Å². The van der Waals surface area contributed by atoms with Crippen LogP contribution in [0.2, 0.25) is 0 Å². The summed E-state index contributed by atoms with van der Waals surface area (Å²) in [4.78, 5) is 30.7. The van der Waals surface area contributed by atoms with Crippen molar-refractivity contribution in [2.45, 2.75) is 37.8 Å². The maximum atomic E-state index is 13.9. The molecule has 0 unspecified atom stereocenters. The number of hydrogen-bond donors (Lipinski definition) is 2. The van der Waals surface area contributed by atoms with Gasteiger partial charge in [0.15, 0.2) is 11.5 Å². The van der Waals surface area contributed by atoms with Crippen molar-refractivity contribution in [2.24, 2.45) is 0 Å². The number of rotatable bonds is 11. The molecule has 1 atom stereocenters. The van der Waals surface area contributed by atoms with Gasteiger partial charge in [-0.2, -0.15) is 5.10 Å². The molecule has 7 aromatic rings. The van der Waals surface area contributed by atoms with Gasteiger partial charge in [-0.1, -0.05) is 18.2 Å². The number of nitrogens with zero attached hydrogens (tertiary/aromatic N) is 7. The van der Waals surface area contributed by atoms with Crippen LogP contribution in [0.5, 0.6) is 11.5 Å². The molecule has 0 bridgehead atoms. The molecule has 0 radical (unpaired) electrons. The quantitative estimate of drug-likeness (QED) is 0.140. The summed E-state index contributed by atoms with van der Waals surface area (Å²) in [5.41, 5.74) is 15.2. The molecule has 4 aromatic heterocycles. The molecule has 296 valence electrons. The van der Waals surface area contributed by atoms with Crippen LogP contribution in [0.3, 0.4) is 0 Å². The molecule has 1 fully saturated rings. The molecule has 6 heterocycles. The van der Waals surface area contributed by atoms with Gasteiger partial charge in [0.25, 0.3) is 12.2 Å². The van der Waals surface area contributed by atoms with E-state index in [-0.39, 0.29) is 11.9 Å². The van der Waals surface area contributed by atoms with Gasteiger partial charge in [-0.25, -0.2) is 15.0 Å². The van der Waals surface area contributed by atoms with E-state index in [1.54, 1.807) is 31.5 Å². The van der Waals surface area contributed by atoms with Crippen molar-refractivity contribution in [1.82, 2.24) is 39.5 Å². The zero-order valence-electron chi connectivity index (χ0n) is 32.5. The number of nitrogens with one attached hydrogen (secondary N) is 1. The van der Waals surface area contributed by atoms with Crippen molar-refractivity contribution >= 4 is 22.9 Å². The van der Waals surface area contributed by atoms with E-state index in [0.29, 0.717) is 52.4 Å². The van der Waals surface area contributed by atoms with Gasteiger partial charge in [-0.3, -0.25) is 14.0 Å². The highest BCUT2D eigenvalue weighted by Gasteiger charge is 2.29. The summed E-state index contributed by atoms with van der Waals surface area (Å²) < 4.78 is 26.9. The number of aromatic nitrogens is 6. The first-order valence-electron chi connectivity index (χ1n) is 19.5. The number of pyridine rings is 2. The monoisotopic (exact) mass is 787 g/mol.